The van der Waals surface area contributed by atoms with Crippen molar-refractivity contribution in [3.8, 4) is 0 Å². The van der Waals surface area contributed by atoms with Crippen LogP contribution >= 0.6 is 0 Å². The lowest BCUT2D eigenvalue weighted by Crippen LogP contribution is -1.85. The van der Waals surface area contributed by atoms with Crippen LogP contribution in [0.2, 0.25) is 0 Å². The number of nitrogens with zero attached hydrogens (tertiary/aromatic N) is 1. The van der Waals surface area contributed by atoms with E-state index in [2.05, 4.69) is 18.5 Å². The Labute approximate surface area is 69.5 Å². The first kappa shape index (κ1) is 10.2. The van der Waals surface area contributed by atoms with Gasteiger partial charge in [0.1, 0.15) is 0 Å². The lowest BCUT2D eigenvalue weighted by Gasteiger charge is -2.00. The van der Waals surface area contributed by atoms with E-state index in [0.29, 0.717) is 0 Å². The normalized spacial score (nSPS) is 12.0. The molecule has 0 aliphatic carbocycles. The zero-order chi connectivity index (χ0) is 8.85. The van der Waals surface area contributed by atoms with Gasteiger partial charge in [0.2, 0.25) is 0 Å². The third-order valence-electron chi connectivity index (χ3n) is 1.48. The Hall–Kier alpha value is -0.850. The van der Waals surface area contributed by atoms with Gasteiger partial charge >= 0.3 is 0 Å². The summed E-state index contributed by atoms with van der Waals surface area (Å²) in [6.45, 7) is 11.9. The average Bonchev–Trinajstić information content (AvgIpc) is 1.88. The fraction of sp³-hybridized carbons (Fsp3) is 0.500. The quantitative estimate of drug-likeness (QED) is 0.433. The van der Waals surface area contributed by atoms with Crippen molar-refractivity contribution in [1.82, 2.24) is 0 Å². The van der Waals surface area contributed by atoms with Gasteiger partial charge in [0.15, 0.2) is 0 Å². The molecule has 0 aromatic rings. The molecule has 1 nitrogen and oxygen atoms in total. The molecule has 0 spiro atoms. The molecule has 0 amide bonds. The van der Waals surface area contributed by atoms with E-state index in [9.17, 15) is 0 Å². The number of rotatable bonds is 3. The van der Waals surface area contributed by atoms with E-state index >= 15 is 0 Å². The Morgan fingerprint density at radius 3 is 2.18 bits per heavy atom. The maximum Gasteiger partial charge on any atom is 0.0403 e. The molecular weight excluding hydrogens is 134 g/mol. The van der Waals surface area contributed by atoms with Gasteiger partial charge in [-0.1, -0.05) is 19.6 Å². The van der Waals surface area contributed by atoms with Crippen LogP contribution in [0.25, 0.3) is 0 Å². The molecule has 0 radical (unpaired) electrons. The number of hydrogen-bond donors (Lipinski definition) is 0. The number of aliphatic imine (C=N–C) groups is 1. The van der Waals surface area contributed by atoms with Crippen molar-refractivity contribution in [1.29, 1.82) is 0 Å². The SMILES string of the molecule is C=C/C(CC)=C(/C)N=C(C)C. The lowest BCUT2D eigenvalue weighted by atomic mass is 10.1. The van der Waals surface area contributed by atoms with Crippen molar-refractivity contribution in [2.45, 2.75) is 34.1 Å². The first-order valence-electron chi connectivity index (χ1n) is 3.95. The molecule has 0 bridgehead atoms. The minimum Gasteiger partial charge on any atom is -0.263 e. The van der Waals surface area contributed by atoms with Gasteiger partial charge in [-0.2, -0.15) is 0 Å². The minimum absolute atomic E-state index is 1.01. The molecule has 0 N–H and O–H groups in total. The molecule has 62 valence electrons. The van der Waals surface area contributed by atoms with Crippen molar-refractivity contribution in [2.75, 3.05) is 0 Å². The summed E-state index contributed by atoms with van der Waals surface area (Å²) in [6.07, 6.45) is 2.88. The number of hydrogen-bond acceptors (Lipinski definition) is 1. The maximum atomic E-state index is 4.34. The summed E-state index contributed by atoms with van der Waals surface area (Å²) >= 11 is 0. The third-order valence-corrected chi connectivity index (χ3v) is 1.48. The summed E-state index contributed by atoms with van der Waals surface area (Å²) in [5, 5.41) is 0. The van der Waals surface area contributed by atoms with Crippen LogP contribution in [-0.4, -0.2) is 5.71 Å². The smallest absolute Gasteiger partial charge is 0.0403 e. The first-order valence-corrected chi connectivity index (χ1v) is 3.95. The minimum atomic E-state index is 1.01. The highest BCUT2D eigenvalue weighted by atomic mass is 14.7. The fourth-order valence-electron chi connectivity index (χ4n) is 0.955. The Morgan fingerprint density at radius 1 is 1.36 bits per heavy atom. The van der Waals surface area contributed by atoms with Gasteiger partial charge in [-0.15, -0.1) is 0 Å². The second-order valence-corrected chi connectivity index (χ2v) is 2.73. The summed E-state index contributed by atoms with van der Waals surface area (Å²) in [6, 6.07) is 0. The molecule has 0 saturated heterocycles. The van der Waals surface area contributed by atoms with Crippen LogP contribution < -0.4 is 0 Å². The summed E-state index contributed by atoms with van der Waals surface area (Å²) < 4.78 is 0. The Bertz CT molecular complexity index is 193. The van der Waals surface area contributed by atoms with Gasteiger partial charge in [0.05, 0.1) is 0 Å². The second-order valence-electron chi connectivity index (χ2n) is 2.73. The third kappa shape index (κ3) is 3.76. The summed E-state index contributed by atoms with van der Waals surface area (Å²) in [5.74, 6) is 0. The molecule has 0 atom stereocenters. The molecule has 0 aromatic heterocycles. The van der Waals surface area contributed by atoms with Gasteiger partial charge in [-0.25, -0.2) is 0 Å². The van der Waals surface area contributed by atoms with E-state index in [1.54, 1.807) is 0 Å². The van der Waals surface area contributed by atoms with Crippen LogP contribution in [0.15, 0.2) is 28.9 Å². The Morgan fingerprint density at radius 2 is 1.91 bits per heavy atom. The van der Waals surface area contributed by atoms with Crippen molar-refractivity contribution in [3.05, 3.63) is 23.9 Å². The van der Waals surface area contributed by atoms with Crippen LogP contribution in [-0.2, 0) is 0 Å². The van der Waals surface area contributed by atoms with E-state index < -0.39 is 0 Å². The molecule has 0 fully saturated rings. The predicted octanol–water partition coefficient (Wildman–Crippen LogP) is 3.34. The second kappa shape index (κ2) is 4.89. The van der Waals surface area contributed by atoms with E-state index in [4.69, 9.17) is 0 Å². The van der Waals surface area contributed by atoms with Crippen molar-refractivity contribution in [2.24, 2.45) is 4.99 Å². The zero-order valence-corrected chi connectivity index (χ0v) is 7.94. The van der Waals surface area contributed by atoms with Gasteiger partial charge in [-0.05, 0) is 32.8 Å². The Balaban J connectivity index is 4.62. The van der Waals surface area contributed by atoms with Crippen LogP contribution in [0.4, 0.5) is 0 Å². The summed E-state index contributed by atoms with van der Waals surface area (Å²) in [4.78, 5) is 4.34. The van der Waals surface area contributed by atoms with Crippen molar-refractivity contribution >= 4 is 5.71 Å². The van der Waals surface area contributed by atoms with E-state index in [0.717, 1.165) is 17.8 Å². The molecular formula is C10H17N. The van der Waals surface area contributed by atoms with Crippen LogP contribution in [0, 0.1) is 0 Å². The molecule has 0 heterocycles. The molecule has 0 aliphatic rings. The molecule has 0 rings (SSSR count). The van der Waals surface area contributed by atoms with Crippen LogP contribution in [0.3, 0.4) is 0 Å². The highest BCUT2D eigenvalue weighted by Crippen LogP contribution is 2.10. The van der Waals surface area contributed by atoms with E-state index in [-0.39, 0.29) is 0 Å². The van der Waals surface area contributed by atoms with Crippen LogP contribution in [0.1, 0.15) is 34.1 Å². The average molecular weight is 151 g/mol. The zero-order valence-electron chi connectivity index (χ0n) is 7.94. The monoisotopic (exact) mass is 151 g/mol. The molecule has 0 aliphatic heterocycles. The predicted molar refractivity (Wildman–Crippen MR) is 52.0 cm³/mol. The molecule has 0 unspecified atom stereocenters. The van der Waals surface area contributed by atoms with E-state index in [1.165, 1.54) is 5.57 Å². The van der Waals surface area contributed by atoms with Crippen LogP contribution in [0.5, 0.6) is 0 Å². The first-order chi connectivity index (χ1) is 5.11. The van der Waals surface area contributed by atoms with Gasteiger partial charge < -0.3 is 0 Å². The topological polar surface area (TPSA) is 12.4 Å². The Kier molecular flexibility index (Phi) is 4.51. The van der Waals surface area contributed by atoms with Crippen molar-refractivity contribution in [3.63, 3.8) is 0 Å². The summed E-state index contributed by atoms with van der Waals surface area (Å²) in [5.41, 5.74) is 3.41. The van der Waals surface area contributed by atoms with E-state index in [1.807, 2.05) is 26.8 Å². The fourth-order valence-corrected chi connectivity index (χ4v) is 0.955. The lowest BCUT2D eigenvalue weighted by molar-refractivity contribution is 1.08. The maximum absolute atomic E-state index is 4.34. The highest BCUT2D eigenvalue weighted by molar-refractivity contribution is 5.80. The number of allylic oxidation sites excluding steroid dienone is 3. The molecule has 11 heavy (non-hydrogen) atoms. The van der Waals surface area contributed by atoms with Gasteiger partial charge in [-0.3, -0.25) is 4.99 Å². The molecule has 1 heteroatoms. The largest absolute Gasteiger partial charge is 0.263 e. The molecule has 0 aromatic carbocycles. The highest BCUT2D eigenvalue weighted by Gasteiger charge is 1.92. The summed E-state index contributed by atoms with van der Waals surface area (Å²) in [7, 11) is 0. The van der Waals surface area contributed by atoms with Crippen molar-refractivity contribution < 1.29 is 0 Å². The van der Waals surface area contributed by atoms with Gasteiger partial charge in [0, 0.05) is 11.4 Å². The standard InChI is InChI=1S/C10H17N/c1-6-10(7-2)9(5)11-8(3)4/h6H,1,7H2,2-5H3/b10-9+. The molecule has 0 saturated carbocycles. The van der Waals surface area contributed by atoms with Gasteiger partial charge in [0.25, 0.3) is 0 Å².